The molecule has 0 amide bonds. The number of carbonyl (C=O) groups excluding carboxylic acids is 1. The molecule has 1 rings (SSSR count). The first-order valence-electron chi connectivity index (χ1n) is 11.4. The lowest BCUT2D eigenvalue weighted by atomic mass is 9.90. The summed E-state index contributed by atoms with van der Waals surface area (Å²) in [7, 11) is 0.612. The van der Waals surface area contributed by atoms with Crippen LogP contribution in [0.15, 0.2) is 0 Å². The van der Waals surface area contributed by atoms with E-state index in [-0.39, 0.29) is 46.5 Å². The molecule has 184 valence electrons. The van der Waals surface area contributed by atoms with E-state index in [1.54, 1.807) is 14.2 Å². The number of hydrogen-bond acceptors (Lipinski definition) is 6. The first-order valence-corrected chi connectivity index (χ1v) is 17.2. The number of ether oxygens (including phenoxy) is 3. The average Bonchev–Trinajstić information content (AvgIpc) is 2.90. The summed E-state index contributed by atoms with van der Waals surface area (Å²) in [5.74, 6) is -0.447. The van der Waals surface area contributed by atoms with Crippen LogP contribution >= 0.6 is 0 Å². The van der Waals surface area contributed by atoms with Crippen LogP contribution in [0.4, 0.5) is 0 Å². The van der Waals surface area contributed by atoms with Gasteiger partial charge in [-0.2, -0.15) is 0 Å². The SMILES string of the molecule is COC(=O)C[C@@H]1[C@H](C(OC)OC)[C@@H](O[Si](C)(C)C(C)(C)C)C[C@H]1O[Si](C)(C)C(C)(C)C. The van der Waals surface area contributed by atoms with Gasteiger partial charge in [-0.3, -0.25) is 4.79 Å². The third-order valence-electron chi connectivity index (χ3n) is 7.78. The fourth-order valence-electron chi connectivity index (χ4n) is 3.79. The van der Waals surface area contributed by atoms with Crippen molar-refractivity contribution >= 4 is 22.6 Å². The van der Waals surface area contributed by atoms with E-state index >= 15 is 0 Å². The summed E-state index contributed by atoms with van der Waals surface area (Å²) in [6.07, 6.45) is 0.315. The minimum absolute atomic E-state index is 0.0681. The Morgan fingerprint density at radius 1 is 0.839 bits per heavy atom. The molecule has 0 aromatic rings. The van der Waals surface area contributed by atoms with Gasteiger partial charge in [0.25, 0.3) is 0 Å². The van der Waals surface area contributed by atoms with E-state index in [0.29, 0.717) is 0 Å². The predicted molar refractivity (Wildman–Crippen MR) is 130 cm³/mol. The minimum Gasteiger partial charge on any atom is -0.469 e. The highest BCUT2D eigenvalue weighted by Crippen LogP contribution is 2.48. The third kappa shape index (κ3) is 6.87. The molecule has 0 N–H and O–H groups in total. The highest BCUT2D eigenvalue weighted by molar-refractivity contribution is 6.74. The summed E-state index contributed by atoms with van der Waals surface area (Å²) < 4.78 is 30.3. The predicted octanol–water partition coefficient (Wildman–Crippen LogP) is 5.59. The van der Waals surface area contributed by atoms with Crippen LogP contribution in [0.1, 0.15) is 54.4 Å². The molecule has 0 bridgehead atoms. The van der Waals surface area contributed by atoms with Gasteiger partial charge in [-0.05, 0) is 42.7 Å². The van der Waals surface area contributed by atoms with Gasteiger partial charge < -0.3 is 23.1 Å². The number of esters is 1. The average molecular weight is 477 g/mol. The molecule has 31 heavy (non-hydrogen) atoms. The van der Waals surface area contributed by atoms with Gasteiger partial charge in [0.15, 0.2) is 22.9 Å². The Labute approximate surface area is 193 Å². The molecular formula is C23H48O6Si2. The second kappa shape index (κ2) is 10.3. The van der Waals surface area contributed by atoms with Gasteiger partial charge in [0.2, 0.25) is 0 Å². The van der Waals surface area contributed by atoms with Crippen molar-refractivity contribution < 1.29 is 27.9 Å². The zero-order chi connectivity index (χ0) is 24.4. The monoisotopic (exact) mass is 476 g/mol. The van der Waals surface area contributed by atoms with E-state index in [1.165, 1.54) is 7.11 Å². The first kappa shape index (κ1) is 28.8. The van der Waals surface area contributed by atoms with Crippen molar-refractivity contribution in [3.05, 3.63) is 0 Å². The lowest BCUT2D eigenvalue weighted by Crippen LogP contribution is -2.47. The van der Waals surface area contributed by atoms with E-state index < -0.39 is 22.9 Å². The van der Waals surface area contributed by atoms with Crippen LogP contribution in [0.25, 0.3) is 0 Å². The summed E-state index contributed by atoms with van der Waals surface area (Å²) in [5.41, 5.74) is 0. The maximum atomic E-state index is 12.4. The molecule has 0 aliphatic heterocycles. The van der Waals surface area contributed by atoms with Crippen LogP contribution < -0.4 is 0 Å². The molecule has 1 aliphatic carbocycles. The minimum atomic E-state index is -2.06. The standard InChI is InChI=1S/C23H48O6Si2/c1-22(2,3)30(10,11)28-17-15-18(29-31(12,13)23(4,5)6)20(21(26-8)27-9)16(17)14-19(24)25-7/h16-18,20-21H,14-15H2,1-13H3/t16-,17+,18-,20-/m0/s1. The fourth-order valence-corrected chi connectivity index (χ4v) is 6.53. The Bertz CT molecular complexity index is 590. The van der Waals surface area contributed by atoms with Crippen LogP contribution in [0.5, 0.6) is 0 Å². The third-order valence-corrected chi connectivity index (χ3v) is 16.8. The molecule has 1 aliphatic rings. The van der Waals surface area contributed by atoms with Crippen molar-refractivity contribution in [2.75, 3.05) is 21.3 Å². The molecule has 0 spiro atoms. The summed E-state index contributed by atoms with van der Waals surface area (Å²) in [6.45, 7) is 22.4. The lowest BCUT2D eigenvalue weighted by Gasteiger charge is -2.41. The molecule has 0 radical (unpaired) electrons. The number of rotatable bonds is 9. The van der Waals surface area contributed by atoms with Gasteiger partial charge in [0.05, 0.1) is 25.7 Å². The van der Waals surface area contributed by atoms with Gasteiger partial charge in [0.1, 0.15) is 0 Å². The van der Waals surface area contributed by atoms with Gasteiger partial charge in [-0.15, -0.1) is 0 Å². The molecule has 4 atom stereocenters. The van der Waals surface area contributed by atoms with E-state index in [1.807, 2.05) is 0 Å². The van der Waals surface area contributed by atoms with Gasteiger partial charge in [-0.25, -0.2) is 0 Å². The van der Waals surface area contributed by atoms with Crippen molar-refractivity contribution in [3.63, 3.8) is 0 Å². The summed E-state index contributed by atoms with van der Waals surface area (Å²) in [6, 6.07) is 0. The maximum Gasteiger partial charge on any atom is 0.305 e. The topological polar surface area (TPSA) is 63.2 Å². The van der Waals surface area contributed by atoms with Gasteiger partial charge in [0, 0.05) is 26.1 Å². The Balaban J connectivity index is 3.40. The van der Waals surface area contributed by atoms with E-state index in [4.69, 9.17) is 23.1 Å². The second-order valence-electron chi connectivity index (χ2n) is 11.9. The summed E-state index contributed by atoms with van der Waals surface area (Å²) in [5, 5.41) is 0.141. The normalized spacial score (nSPS) is 25.9. The molecule has 1 saturated carbocycles. The van der Waals surface area contributed by atoms with Crippen molar-refractivity contribution in [3.8, 4) is 0 Å². The van der Waals surface area contributed by atoms with Crippen LogP contribution in [0.2, 0.25) is 36.3 Å². The largest absolute Gasteiger partial charge is 0.469 e. The first-order chi connectivity index (χ1) is 13.9. The Morgan fingerprint density at radius 2 is 1.26 bits per heavy atom. The van der Waals surface area contributed by atoms with Crippen LogP contribution in [0.3, 0.4) is 0 Å². The highest BCUT2D eigenvalue weighted by Gasteiger charge is 2.54. The number of hydrogen-bond donors (Lipinski definition) is 0. The zero-order valence-electron chi connectivity index (χ0n) is 22.3. The van der Waals surface area contributed by atoms with Crippen molar-refractivity contribution in [1.29, 1.82) is 0 Å². The highest BCUT2D eigenvalue weighted by atomic mass is 28.4. The maximum absolute atomic E-state index is 12.4. The van der Waals surface area contributed by atoms with Gasteiger partial charge in [-0.1, -0.05) is 41.5 Å². The molecule has 0 saturated heterocycles. The smallest absolute Gasteiger partial charge is 0.305 e. The van der Waals surface area contributed by atoms with E-state index in [2.05, 4.69) is 67.7 Å². The molecule has 0 heterocycles. The summed E-state index contributed by atoms with van der Waals surface area (Å²) >= 11 is 0. The number of methoxy groups -OCH3 is 3. The Morgan fingerprint density at radius 3 is 1.61 bits per heavy atom. The lowest BCUT2D eigenvalue weighted by molar-refractivity contribution is -0.168. The number of carbonyl (C=O) groups is 1. The molecule has 0 aromatic carbocycles. The molecular weight excluding hydrogens is 428 g/mol. The van der Waals surface area contributed by atoms with E-state index in [0.717, 1.165) is 6.42 Å². The van der Waals surface area contributed by atoms with Crippen molar-refractivity contribution in [1.82, 2.24) is 0 Å². The second-order valence-corrected chi connectivity index (χ2v) is 21.4. The quantitative estimate of drug-likeness (QED) is 0.246. The molecule has 0 aromatic heterocycles. The van der Waals surface area contributed by atoms with Crippen molar-refractivity contribution in [2.24, 2.45) is 11.8 Å². The van der Waals surface area contributed by atoms with Gasteiger partial charge >= 0.3 is 5.97 Å². The van der Waals surface area contributed by atoms with Crippen LogP contribution in [-0.2, 0) is 27.9 Å². The molecule has 8 heteroatoms. The molecule has 1 fully saturated rings. The van der Waals surface area contributed by atoms with E-state index in [9.17, 15) is 4.79 Å². The molecule has 6 nitrogen and oxygen atoms in total. The Hall–Kier alpha value is -0.256. The van der Waals surface area contributed by atoms with Crippen LogP contribution in [-0.4, -0.2) is 62.4 Å². The summed E-state index contributed by atoms with van der Waals surface area (Å²) in [4.78, 5) is 12.4. The fraction of sp³-hybridized carbons (Fsp3) is 0.957. The van der Waals surface area contributed by atoms with Crippen molar-refractivity contribution in [2.45, 2.75) is 109 Å². The Kier molecular flexibility index (Phi) is 9.60. The molecule has 0 unspecified atom stereocenters. The zero-order valence-corrected chi connectivity index (χ0v) is 24.3. The van der Waals surface area contributed by atoms with Crippen LogP contribution in [0, 0.1) is 11.8 Å².